The standard InChI is InChI=1S/C14H20N4O2/c1-4-5-6-11(14(19)20)18-13-10-7-8(2)15-12(10)16-9(3)17-13/h7,11H,4-6H2,1-3H3,(H,19,20)(H2,15,16,17,18). The Morgan fingerprint density at radius 2 is 2.20 bits per heavy atom. The van der Waals surface area contributed by atoms with Crippen LogP contribution in [0.25, 0.3) is 11.0 Å². The highest BCUT2D eigenvalue weighted by Gasteiger charge is 2.19. The van der Waals surface area contributed by atoms with Crippen LogP contribution in [-0.4, -0.2) is 32.1 Å². The summed E-state index contributed by atoms with van der Waals surface area (Å²) in [6, 6.07) is 1.30. The Balaban J connectivity index is 2.33. The molecule has 108 valence electrons. The smallest absolute Gasteiger partial charge is 0.326 e. The van der Waals surface area contributed by atoms with Gasteiger partial charge < -0.3 is 15.4 Å². The summed E-state index contributed by atoms with van der Waals surface area (Å²) in [6.45, 7) is 5.77. The fourth-order valence-electron chi connectivity index (χ4n) is 2.19. The molecule has 0 fully saturated rings. The van der Waals surface area contributed by atoms with Crippen LogP contribution in [0, 0.1) is 13.8 Å². The molecule has 0 aliphatic heterocycles. The molecule has 0 radical (unpaired) electrons. The minimum Gasteiger partial charge on any atom is -0.480 e. The third kappa shape index (κ3) is 3.07. The van der Waals surface area contributed by atoms with Gasteiger partial charge in [0.25, 0.3) is 0 Å². The Labute approximate surface area is 117 Å². The lowest BCUT2D eigenvalue weighted by atomic mass is 10.1. The van der Waals surface area contributed by atoms with Gasteiger partial charge in [0.1, 0.15) is 23.3 Å². The number of fused-ring (bicyclic) bond motifs is 1. The first-order valence-corrected chi connectivity index (χ1v) is 6.84. The lowest BCUT2D eigenvalue weighted by molar-refractivity contribution is -0.138. The maximum absolute atomic E-state index is 11.3. The van der Waals surface area contributed by atoms with Gasteiger partial charge in [-0.3, -0.25) is 0 Å². The van der Waals surface area contributed by atoms with Gasteiger partial charge in [-0.1, -0.05) is 19.8 Å². The molecule has 6 nitrogen and oxygen atoms in total. The van der Waals surface area contributed by atoms with Gasteiger partial charge in [-0.2, -0.15) is 0 Å². The molecule has 0 saturated carbocycles. The van der Waals surface area contributed by atoms with Crippen molar-refractivity contribution in [2.45, 2.75) is 46.1 Å². The van der Waals surface area contributed by atoms with Crippen molar-refractivity contribution in [2.24, 2.45) is 0 Å². The van der Waals surface area contributed by atoms with E-state index in [1.807, 2.05) is 19.9 Å². The number of aryl methyl sites for hydroxylation is 2. The summed E-state index contributed by atoms with van der Waals surface area (Å²) in [6.07, 6.45) is 2.41. The number of carbonyl (C=O) groups is 1. The number of rotatable bonds is 6. The van der Waals surface area contributed by atoms with E-state index in [9.17, 15) is 9.90 Å². The Bertz CT molecular complexity index is 621. The van der Waals surface area contributed by atoms with Crippen LogP contribution in [0.2, 0.25) is 0 Å². The van der Waals surface area contributed by atoms with Crippen LogP contribution < -0.4 is 5.32 Å². The van der Waals surface area contributed by atoms with Gasteiger partial charge in [0.05, 0.1) is 5.39 Å². The number of H-pyrrole nitrogens is 1. The third-order valence-electron chi connectivity index (χ3n) is 3.19. The van der Waals surface area contributed by atoms with Crippen LogP contribution in [0.4, 0.5) is 5.82 Å². The van der Waals surface area contributed by atoms with Crippen molar-refractivity contribution < 1.29 is 9.90 Å². The maximum atomic E-state index is 11.3. The first-order valence-electron chi connectivity index (χ1n) is 6.84. The van der Waals surface area contributed by atoms with Crippen molar-refractivity contribution in [2.75, 3.05) is 5.32 Å². The minimum absolute atomic E-state index is 0.583. The van der Waals surface area contributed by atoms with Gasteiger partial charge in [-0.15, -0.1) is 0 Å². The largest absolute Gasteiger partial charge is 0.480 e. The fraction of sp³-hybridized carbons (Fsp3) is 0.500. The van der Waals surface area contributed by atoms with E-state index in [1.54, 1.807) is 6.92 Å². The first-order chi connectivity index (χ1) is 9.51. The normalized spacial score (nSPS) is 12.6. The van der Waals surface area contributed by atoms with Gasteiger partial charge >= 0.3 is 5.97 Å². The fourth-order valence-corrected chi connectivity index (χ4v) is 2.19. The van der Waals surface area contributed by atoms with E-state index < -0.39 is 12.0 Å². The third-order valence-corrected chi connectivity index (χ3v) is 3.19. The number of aliphatic carboxylic acids is 1. The van der Waals surface area contributed by atoms with E-state index in [4.69, 9.17) is 0 Å². The predicted octanol–water partition coefficient (Wildman–Crippen LogP) is 2.63. The minimum atomic E-state index is -0.852. The number of hydrogen-bond donors (Lipinski definition) is 3. The summed E-state index contributed by atoms with van der Waals surface area (Å²) in [5.41, 5.74) is 1.71. The number of carboxylic acids is 1. The number of carboxylic acid groups (broad SMARTS) is 1. The van der Waals surface area contributed by atoms with Crippen molar-refractivity contribution in [3.05, 3.63) is 17.6 Å². The Morgan fingerprint density at radius 1 is 1.45 bits per heavy atom. The Kier molecular flexibility index (Phi) is 4.22. The summed E-state index contributed by atoms with van der Waals surface area (Å²) >= 11 is 0. The quantitative estimate of drug-likeness (QED) is 0.754. The van der Waals surface area contributed by atoms with Crippen LogP contribution >= 0.6 is 0 Å². The molecule has 0 saturated heterocycles. The number of unbranched alkanes of at least 4 members (excludes halogenated alkanes) is 1. The molecule has 0 bridgehead atoms. The molecule has 20 heavy (non-hydrogen) atoms. The van der Waals surface area contributed by atoms with Crippen LogP contribution in [0.3, 0.4) is 0 Å². The molecule has 0 spiro atoms. The summed E-state index contributed by atoms with van der Waals surface area (Å²) in [7, 11) is 0. The monoisotopic (exact) mass is 276 g/mol. The molecule has 0 aromatic carbocycles. The van der Waals surface area contributed by atoms with Crippen molar-refractivity contribution in [1.82, 2.24) is 15.0 Å². The lowest BCUT2D eigenvalue weighted by Gasteiger charge is -2.15. The van der Waals surface area contributed by atoms with E-state index >= 15 is 0 Å². The van der Waals surface area contributed by atoms with Crippen molar-refractivity contribution >= 4 is 22.8 Å². The zero-order valence-corrected chi connectivity index (χ0v) is 12.0. The average molecular weight is 276 g/mol. The van der Waals surface area contributed by atoms with Crippen molar-refractivity contribution in [3.63, 3.8) is 0 Å². The molecule has 2 aromatic rings. The highest BCUT2D eigenvalue weighted by molar-refractivity contribution is 5.90. The number of aromatic amines is 1. The molecular formula is C14H20N4O2. The molecule has 0 aliphatic carbocycles. The van der Waals surface area contributed by atoms with E-state index in [2.05, 4.69) is 20.3 Å². The van der Waals surface area contributed by atoms with Gasteiger partial charge in [-0.05, 0) is 26.3 Å². The molecule has 2 aromatic heterocycles. The summed E-state index contributed by atoms with van der Waals surface area (Å²) in [5.74, 6) is 0.344. The number of aromatic nitrogens is 3. The number of hydrogen-bond acceptors (Lipinski definition) is 4. The van der Waals surface area contributed by atoms with Crippen LogP contribution in [0.5, 0.6) is 0 Å². The second-order valence-corrected chi connectivity index (χ2v) is 5.01. The predicted molar refractivity (Wildman–Crippen MR) is 77.9 cm³/mol. The topological polar surface area (TPSA) is 90.9 Å². The highest BCUT2D eigenvalue weighted by Crippen LogP contribution is 2.22. The first kappa shape index (κ1) is 14.3. The van der Waals surface area contributed by atoms with Crippen LogP contribution in [0.1, 0.15) is 37.7 Å². The maximum Gasteiger partial charge on any atom is 0.326 e. The number of anilines is 1. The van der Waals surface area contributed by atoms with E-state index in [1.165, 1.54) is 0 Å². The van der Waals surface area contributed by atoms with E-state index in [0.29, 0.717) is 18.1 Å². The van der Waals surface area contributed by atoms with Gasteiger partial charge in [0.2, 0.25) is 0 Å². The molecule has 2 rings (SSSR count). The molecular weight excluding hydrogens is 256 g/mol. The molecule has 0 aliphatic rings. The molecule has 6 heteroatoms. The van der Waals surface area contributed by atoms with Crippen LogP contribution in [0.15, 0.2) is 6.07 Å². The molecule has 3 N–H and O–H groups in total. The summed E-state index contributed by atoms with van der Waals surface area (Å²) in [4.78, 5) is 23.1. The van der Waals surface area contributed by atoms with Gasteiger partial charge in [-0.25, -0.2) is 14.8 Å². The summed E-state index contributed by atoms with van der Waals surface area (Å²) < 4.78 is 0. The van der Waals surface area contributed by atoms with Crippen molar-refractivity contribution in [3.8, 4) is 0 Å². The highest BCUT2D eigenvalue weighted by atomic mass is 16.4. The van der Waals surface area contributed by atoms with Gasteiger partial charge in [0, 0.05) is 5.69 Å². The van der Waals surface area contributed by atoms with E-state index in [0.717, 1.165) is 29.6 Å². The van der Waals surface area contributed by atoms with E-state index in [-0.39, 0.29) is 0 Å². The average Bonchev–Trinajstić information content (AvgIpc) is 2.74. The second kappa shape index (κ2) is 5.90. The van der Waals surface area contributed by atoms with Crippen molar-refractivity contribution in [1.29, 1.82) is 0 Å². The zero-order valence-electron chi connectivity index (χ0n) is 12.0. The van der Waals surface area contributed by atoms with Gasteiger partial charge in [0.15, 0.2) is 0 Å². The van der Waals surface area contributed by atoms with Crippen LogP contribution in [-0.2, 0) is 4.79 Å². The molecule has 1 atom stereocenters. The Morgan fingerprint density at radius 3 is 2.85 bits per heavy atom. The number of nitrogens with one attached hydrogen (secondary N) is 2. The SMILES string of the molecule is CCCCC(Nc1nc(C)nc2[nH]c(C)cc12)C(=O)O. The number of nitrogens with zero attached hydrogens (tertiary/aromatic N) is 2. The lowest BCUT2D eigenvalue weighted by Crippen LogP contribution is -2.29. The Hall–Kier alpha value is -2.11. The molecule has 2 heterocycles. The summed E-state index contributed by atoms with van der Waals surface area (Å²) in [5, 5.41) is 13.2. The molecule has 1 unspecified atom stereocenters. The second-order valence-electron chi connectivity index (χ2n) is 5.01. The molecule has 0 amide bonds. The zero-order chi connectivity index (χ0) is 14.7.